The molecule has 30 heavy (non-hydrogen) atoms. The third kappa shape index (κ3) is 3.81. The molecule has 3 heterocycles. The molecule has 1 aromatic carbocycles. The molecule has 0 aliphatic heterocycles. The lowest BCUT2D eigenvalue weighted by Gasteiger charge is -2.07. The Balaban J connectivity index is 1.55. The molecule has 0 saturated heterocycles. The number of carbonyl (C=O) groups excluding carboxylic acids is 1. The molecule has 6 nitrogen and oxygen atoms in total. The highest BCUT2D eigenvalue weighted by Gasteiger charge is 2.19. The third-order valence-electron chi connectivity index (χ3n) is 4.25. The Morgan fingerprint density at radius 2 is 1.80 bits per heavy atom. The predicted molar refractivity (Wildman–Crippen MR) is 106 cm³/mol. The van der Waals surface area contributed by atoms with Gasteiger partial charge in [0.05, 0.1) is 5.69 Å². The van der Waals surface area contributed by atoms with Crippen LogP contribution in [0.1, 0.15) is 20.9 Å². The summed E-state index contributed by atoms with van der Waals surface area (Å²) in [5.74, 6) is -4.65. The molecule has 0 fully saturated rings. The number of carbonyl (C=O) groups is 1. The lowest BCUT2D eigenvalue weighted by atomic mass is 10.1. The largest absolute Gasteiger partial charge is 0.306 e. The van der Waals surface area contributed by atoms with Crippen LogP contribution in [0.15, 0.2) is 42.9 Å². The van der Waals surface area contributed by atoms with Gasteiger partial charge in [-0.3, -0.25) is 4.79 Å². The van der Waals surface area contributed by atoms with E-state index in [1.807, 2.05) is 20.0 Å². The van der Waals surface area contributed by atoms with Gasteiger partial charge < -0.3 is 5.32 Å². The number of aryl methyl sites for hydroxylation is 2. The van der Waals surface area contributed by atoms with Gasteiger partial charge in [-0.2, -0.15) is 5.10 Å². The van der Waals surface area contributed by atoms with Crippen molar-refractivity contribution in [2.75, 3.05) is 5.32 Å². The van der Waals surface area contributed by atoms with Crippen LogP contribution >= 0.6 is 11.3 Å². The van der Waals surface area contributed by atoms with Crippen molar-refractivity contribution in [2.45, 2.75) is 13.8 Å². The Hall–Kier alpha value is -3.53. The van der Waals surface area contributed by atoms with E-state index in [1.165, 1.54) is 23.6 Å². The number of amides is 1. The van der Waals surface area contributed by atoms with Gasteiger partial charge in [-0.1, -0.05) is 0 Å². The maximum atomic E-state index is 13.8. The quantitative estimate of drug-likeness (QED) is 0.511. The number of nitrogens with one attached hydrogen (secondary N) is 1. The van der Waals surface area contributed by atoms with E-state index in [1.54, 1.807) is 16.9 Å². The van der Waals surface area contributed by atoms with Crippen molar-refractivity contribution in [3.8, 4) is 16.3 Å². The van der Waals surface area contributed by atoms with E-state index in [0.29, 0.717) is 12.1 Å². The topological polar surface area (TPSA) is 72.7 Å². The molecule has 3 aromatic heterocycles. The summed E-state index contributed by atoms with van der Waals surface area (Å²) in [5, 5.41) is 7.50. The maximum Gasteiger partial charge on any atom is 0.262 e. The zero-order valence-electron chi connectivity index (χ0n) is 15.8. The fraction of sp³-hybridized carbons (Fsp3) is 0.100. The van der Waals surface area contributed by atoms with Crippen molar-refractivity contribution in [1.82, 2.24) is 19.7 Å². The molecule has 152 valence electrons. The molecule has 0 atom stereocenters. The summed E-state index contributed by atoms with van der Waals surface area (Å²) in [6, 6.07) is 4.08. The molecule has 4 rings (SSSR count). The molecule has 0 aliphatic rings. The molecule has 0 saturated carbocycles. The molecule has 0 aliphatic carbocycles. The Morgan fingerprint density at radius 1 is 1.07 bits per heavy atom. The summed E-state index contributed by atoms with van der Waals surface area (Å²) in [6.07, 6.45) is 5.10. The normalized spacial score (nSPS) is 11.0. The molecule has 0 spiro atoms. The Bertz CT molecular complexity index is 1230. The minimum atomic E-state index is -1.29. The van der Waals surface area contributed by atoms with Gasteiger partial charge >= 0.3 is 0 Å². The molecular formula is C20H14F3N5OS. The summed E-state index contributed by atoms with van der Waals surface area (Å²) in [5.41, 5.74) is 1.45. The number of aromatic nitrogens is 4. The number of anilines is 1. The number of pyridine rings is 1. The van der Waals surface area contributed by atoms with Gasteiger partial charge in [0.15, 0.2) is 0 Å². The van der Waals surface area contributed by atoms with Gasteiger partial charge in [0.2, 0.25) is 5.13 Å². The molecule has 0 radical (unpaired) electrons. The summed E-state index contributed by atoms with van der Waals surface area (Å²) in [7, 11) is 0. The second kappa shape index (κ2) is 7.71. The predicted octanol–water partition coefficient (Wildman–Crippen LogP) is 4.68. The number of hydrogen-bond donors (Lipinski definition) is 1. The first kappa shape index (κ1) is 19.8. The third-order valence-corrected chi connectivity index (χ3v) is 5.16. The van der Waals surface area contributed by atoms with Crippen LogP contribution < -0.4 is 5.32 Å². The van der Waals surface area contributed by atoms with Crippen LogP contribution in [-0.2, 0) is 0 Å². The van der Waals surface area contributed by atoms with Crippen molar-refractivity contribution in [1.29, 1.82) is 0 Å². The minimum Gasteiger partial charge on any atom is -0.306 e. The first-order valence-corrected chi connectivity index (χ1v) is 9.55. The maximum absolute atomic E-state index is 13.8. The van der Waals surface area contributed by atoms with Crippen LogP contribution in [0.3, 0.4) is 0 Å². The standard InChI is InChI=1S/C20H14F3N5OS/c1-10-7-25-20(30-10)28-9-14(11(2)27-28)12-3-4-17(24-8-12)26-19(29)18-15(22)5-13(21)6-16(18)23/h3-9H,1-2H3,(H,24,26,29). The average Bonchev–Trinajstić information content (AvgIpc) is 3.27. The number of nitrogens with zero attached hydrogens (tertiary/aromatic N) is 4. The zero-order chi connectivity index (χ0) is 21.4. The average molecular weight is 429 g/mol. The summed E-state index contributed by atoms with van der Waals surface area (Å²) >= 11 is 1.51. The van der Waals surface area contributed by atoms with Crippen molar-refractivity contribution >= 4 is 23.1 Å². The van der Waals surface area contributed by atoms with Gasteiger partial charge in [0, 0.05) is 46.7 Å². The summed E-state index contributed by atoms with van der Waals surface area (Å²) in [6.45, 7) is 3.81. The first-order chi connectivity index (χ1) is 14.3. The van der Waals surface area contributed by atoms with E-state index in [2.05, 4.69) is 20.4 Å². The fourth-order valence-electron chi connectivity index (χ4n) is 2.86. The molecule has 1 amide bonds. The van der Waals surface area contributed by atoms with Gasteiger partial charge in [0.1, 0.15) is 28.8 Å². The molecule has 1 N–H and O–H groups in total. The second-order valence-corrected chi connectivity index (χ2v) is 7.67. The molecule has 4 aromatic rings. The van der Waals surface area contributed by atoms with E-state index in [9.17, 15) is 18.0 Å². The van der Waals surface area contributed by atoms with E-state index < -0.39 is 28.9 Å². The highest BCUT2D eigenvalue weighted by Crippen LogP contribution is 2.26. The number of thiazole rings is 1. The van der Waals surface area contributed by atoms with Crippen LogP contribution in [0.25, 0.3) is 16.3 Å². The number of hydrogen-bond acceptors (Lipinski definition) is 5. The van der Waals surface area contributed by atoms with Crippen LogP contribution in [0.4, 0.5) is 19.0 Å². The van der Waals surface area contributed by atoms with Crippen molar-refractivity contribution in [3.05, 3.63) is 76.4 Å². The van der Waals surface area contributed by atoms with E-state index in [-0.39, 0.29) is 5.82 Å². The highest BCUT2D eigenvalue weighted by atomic mass is 32.1. The Labute approximate surface area is 173 Å². The molecule has 10 heteroatoms. The van der Waals surface area contributed by atoms with Gasteiger partial charge in [-0.15, -0.1) is 11.3 Å². The van der Waals surface area contributed by atoms with Crippen LogP contribution in [-0.4, -0.2) is 25.7 Å². The van der Waals surface area contributed by atoms with E-state index >= 15 is 0 Å². The number of halogens is 3. The monoisotopic (exact) mass is 429 g/mol. The van der Waals surface area contributed by atoms with Crippen molar-refractivity contribution in [3.63, 3.8) is 0 Å². The molecular weight excluding hydrogens is 415 g/mol. The molecule has 0 unspecified atom stereocenters. The van der Waals surface area contributed by atoms with Crippen LogP contribution in [0.5, 0.6) is 0 Å². The van der Waals surface area contributed by atoms with Crippen LogP contribution in [0, 0.1) is 31.3 Å². The summed E-state index contributed by atoms with van der Waals surface area (Å²) in [4.78, 5) is 21.7. The van der Waals surface area contributed by atoms with Crippen molar-refractivity contribution < 1.29 is 18.0 Å². The highest BCUT2D eigenvalue weighted by molar-refractivity contribution is 7.13. The minimum absolute atomic E-state index is 0.0902. The van der Waals surface area contributed by atoms with E-state index in [4.69, 9.17) is 0 Å². The Kier molecular flexibility index (Phi) is 5.08. The lowest BCUT2D eigenvalue weighted by molar-refractivity contribution is 0.101. The van der Waals surface area contributed by atoms with Gasteiger partial charge in [0.25, 0.3) is 5.91 Å². The smallest absolute Gasteiger partial charge is 0.262 e. The van der Waals surface area contributed by atoms with Crippen LogP contribution in [0.2, 0.25) is 0 Å². The second-order valence-electron chi connectivity index (χ2n) is 6.46. The van der Waals surface area contributed by atoms with Gasteiger partial charge in [-0.05, 0) is 26.0 Å². The SMILES string of the molecule is Cc1cnc(-n2cc(-c3ccc(NC(=O)c4c(F)cc(F)cc4F)nc3)c(C)n2)s1. The zero-order valence-corrected chi connectivity index (χ0v) is 16.6. The number of rotatable bonds is 4. The fourth-order valence-corrected chi connectivity index (χ4v) is 3.54. The first-order valence-electron chi connectivity index (χ1n) is 8.73. The Morgan fingerprint density at radius 3 is 2.40 bits per heavy atom. The summed E-state index contributed by atoms with van der Waals surface area (Å²) < 4.78 is 42.2. The van der Waals surface area contributed by atoms with E-state index in [0.717, 1.165) is 26.8 Å². The lowest BCUT2D eigenvalue weighted by Crippen LogP contribution is -2.17. The number of benzene rings is 1. The molecule has 0 bridgehead atoms. The van der Waals surface area contributed by atoms with Crippen molar-refractivity contribution in [2.24, 2.45) is 0 Å². The van der Waals surface area contributed by atoms with Gasteiger partial charge in [-0.25, -0.2) is 27.8 Å².